The molecule has 0 rings (SSSR count). The first-order valence-electron chi connectivity index (χ1n) is 42.2. The molecule has 0 aromatic carbocycles. The number of phosphoric acid groups is 2. The molecule has 0 aliphatic rings. The fourth-order valence-electron chi connectivity index (χ4n) is 12.6. The number of phosphoric ester groups is 2. The van der Waals surface area contributed by atoms with Crippen molar-refractivity contribution in [3.8, 4) is 0 Å². The van der Waals surface area contributed by atoms with Crippen molar-refractivity contribution in [2.24, 2.45) is 5.92 Å². The van der Waals surface area contributed by atoms with Crippen LogP contribution in [0.4, 0.5) is 0 Å². The fraction of sp³-hybridized carbons (Fsp3) is 0.951. The lowest BCUT2D eigenvalue weighted by molar-refractivity contribution is -0.161. The Bertz CT molecular complexity index is 1910. The van der Waals surface area contributed by atoms with E-state index < -0.39 is 97.5 Å². The van der Waals surface area contributed by atoms with Crippen molar-refractivity contribution in [1.29, 1.82) is 0 Å². The van der Waals surface area contributed by atoms with Crippen LogP contribution in [-0.4, -0.2) is 96.7 Å². The molecule has 6 atom stereocenters. The number of esters is 4. The average molecular weight is 1470 g/mol. The molecule has 0 aromatic heterocycles. The second-order valence-electron chi connectivity index (χ2n) is 29.4. The van der Waals surface area contributed by atoms with Gasteiger partial charge < -0.3 is 33.8 Å². The SMILES string of the molecule is CCCCCCCCCCCCCCCCCCCCC(=O)OC[C@H](COP(=O)(O)OC[C@@H](O)COP(=O)(O)OC[C@@H](COC(=O)CCCCCCCCCCCC)OC(=O)CCCCCCCCCCCCCCCC)OC(=O)CCCCCCCCCCCCCCCCC(C)CC. The van der Waals surface area contributed by atoms with E-state index in [-0.39, 0.29) is 25.7 Å². The normalized spacial score (nSPS) is 14.1. The van der Waals surface area contributed by atoms with Gasteiger partial charge in [-0.3, -0.25) is 37.3 Å². The topological polar surface area (TPSA) is 237 Å². The predicted octanol–water partition coefficient (Wildman–Crippen LogP) is 24.4. The Morgan fingerprint density at radius 2 is 0.480 bits per heavy atom. The quantitative estimate of drug-likeness (QED) is 0.0222. The van der Waals surface area contributed by atoms with E-state index in [1.807, 2.05) is 0 Å². The summed E-state index contributed by atoms with van der Waals surface area (Å²) in [7, 11) is -9.92. The third-order valence-electron chi connectivity index (χ3n) is 19.4. The van der Waals surface area contributed by atoms with Crippen molar-refractivity contribution < 1.29 is 80.2 Å². The third kappa shape index (κ3) is 73.0. The Labute approximate surface area is 613 Å². The number of unbranched alkanes of at least 4 members (excludes halogenated alkanes) is 52. The van der Waals surface area contributed by atoms with E-state index in [0.29, 0.717) is 25.7 Å². The molecular weight excluding hydrogens is 1310 g/mol. The molecule has 100 heavy (non-hydrogen) atoms. The molecule has 3 unspecified atom stereocenters. The first-order chi connectivity index (χ1) is 48.6. The van der Waals surface area contributed by atoms with Crippen LogP contribution in [0.25, 0.3) is 0 Å². The Hall–Kier alpha value is -1.94. The van der Waals surface area contributed by atoms with Gasteiger partial charge in [-0.05, 0) is 31.6 Å². The number of aliphatic hydroxyl groups is 1. The molecular formula is C81H158O17P2. The minimum Gasteiger partial charge on any atom is -0.462 e. The fourth-order valence-corrected chi connectivity index (χ4v) is 14.1. The maximum absolute atomic E-state index is 13.1. The summed E-state index contributed by atoms with van der Waals surface area (Å²) in [4.78, 5) is 73.0. The van der Waals surface area contributed by atoms with Crippen LogP contribution >= 0.6 is 15.6 Å². The maximum atomic E-state index is 13.1. The van der Waals surface area contributed by atoms with Crippen molar-refractivity contribution >= 4 is 39.5 Å². The van der Waals surface area contributed by atoms with E-state index in [0.717, 1.165) is 95.8 Å². The summed E-state index contributed by atoms with van der Waals surface area (Å²) in [5.41, 5.74) is 0. The molecule has 0 fully saturated rings. The zero-order chi connectivity index (χ0) is 73.4. The highest BCUT2D eigenvalue weighted by molar-refractivity contribution is 7.47. The van der Waals surface area contributed by atoms with Gasteiger partial charge in [-0.15, -0.1) is 0 Å². The Kier molecular flexibility index (Phi) is 72.5. The van der Waals surface area contributed by atoms with Crippen LogP contribution in [0.15, 0.2) is 0 Å². The molecule has 0 aliphatic heterocycles. The van der Waals surface area contributed by atoms with E-state index >= 15 is 0 Å². The average Bonchev–Trinajstić information content (AvgIpc) is 1.13. The standard InChI is InChI=1S/C81H158O17P2/c1-6-10-13-16-19-22-25-27-29-30-31-32-37-40-45-50-55-60-65-79(84)92-71-77(98-81(86)67-62-57-52-47-42-38-34-33-35-39-43-48-53-58-63-74(5)9-4)73-96-100(89,90)94-69-75(82)68-93-99(87,88)95-72-76(70-91-78(83)64-59-54-49-44-24-21-18-15-12-8-3)97-80(85)66-61-56-51-46-41-36-28-26-23-20-17-14-11-7-2/h74-77,82H,6-73H2,1-5H3,(H,87,88)(H,89,90)/t74?,75-,76+,77+/m0/s1. The number of rotatable bonds is 81. The molecule has 17 nitrogen and oxygen atoms in total. The van der Waals surface area contributed by atoms with E-state index in [2.05, 4.69) is 34.6 Å². The lowest BCUT2D eigenvalue weighted by atomic mass is 9.99. The van der Waals surface area contributed by atoms with Crippen LogP contribution in [0, 0.1) is 5.92 Å². The zero-order valence-corrected chi connectivity index (χ0v) is 67.1. The summed E-state index contributed by atoms with van der Waals surface area (Å²) >= 11 is 0. The lowest BCUT2D eigenvalue weighted by Crippen LogP contribution is -2.30. The van der Waals surface area contributed by atoms with Gasteiger partial charge in [0.1, 0.15) is 19.3 Å². The second kappa shape index (κ2) is 73.9. The molecule has 0 saturated heterocycles. The first-order valence-corrected chi connectivity index (χ1v) is 45.2. The zero-order valence-electron chi connectivity index (χ0n) is 65.3. The number of hydrogen-bond acceptors (Lipinski definition) is 15. The van der Waals surface area contributed by atoms with Gasteiger partial charge >= 0.3 is 39.5 Å². The third-order valence-corrected chi connectivity index (χ3v) is 21.3. The van der Waals surface area contributed by atoms with Gasteiger partial charge in [-0.2, -0.15) is 0 Å². The molecule has 0 aliphatic carbocycles. The molecule has 0 bridgehead atoms. The largest absolute Gasteiger partial charge is 0.472 e. The monoisotopic (exact) mass is 1470 g/mol. The lowest BCUT2D eigenvalue weighted by Gasteiger charge is -2.21. The van der Waals surface area contributed by atoms with E-state index in [1.54, 1.807) is 0 Å². The molecule has 0 saturated carbocycles. The number of aliphatic hydroxyl groups excluding tert-OH is 1. The minimum atomic E-state index is -4.96. The summed E-state index contributed by atoms with van der Waals surface area (Å²) in [5, 5.41) is 10.6. The highest BCUT2D eigenvalue weighted by atomic mass is 31.2. The molecule has 19 heteroatoms. The van der Waals surface area contributed by atoms with E-state index in [1.165, 1.54) is 257 Å². The molecule has 3 N–H and O–H groups in total. The summed E-state index contributed by atoms with van der Waals surface area (Å²) in [6, 6.07) is 0. The summed E-state index contributed by atoms with van der Waals surface area (Å²) < 4.78 is 68.7. The molecule has 0 heterocycles. The summed E-state index contributed by atoms with van der Waals surface area (Å²) in [6.07, 6.45) is 65.0. The van der Waals surface area contributed by atoms with Crippen molar-refractivity contribution in [1.82, 2.24) is 0 Å². The van der Waals surface area contributed by atoms with Crippen molar-refractivity contribution in [3.63, 3.8) is 0 Å². The molecule has 0 spiro atoms. The molecule has 0 amide bonds. The van der Waals surface area contributed by atoms with Crippen LogP contribution in [-0.2, 0) is 65.4 Å². The molecule has 594 valence electrons. The maximum Gasteiger partial charge on any atom is 0.472 e. The summed E-state index contributed by atoms with van der Waals surface area (Å²) in [5.74, 6) is -1.26. The van der Waals surface area contributed by atoms with Crippen LogP contribution in [0.5, 0.6) is 0 Å². The van der Waals surface area contributed by atoms with Crippen LogP contribution < -0.4 is 0 Å². The molecule has 0 aromatic rings. The second-order valence-corrected chi connectivity index (χ2v) is 32.3. The number of carbonyl (C=O) groups excluding carboxylic acids is 4. The Balaban J connectivity index is 5.24. The van der Waals surface area contributed by atoms with Gasteiger partial charge in [0.15, 0.2) is 12.2 Å². The first kappa shape index (κ1) is 98.1. The van der Waals surface area contributed by atoms with Crippen LogP contribution in [0.1, 0.15) is 433 Å². The summed E-state index contributed by atoms with van der Waals surface area (Å²) in [6.45, 7) is 7.38. The predicted molar refractivity (Wildman–Crippen MR) is 409 cm³/mol. The Morgan fingerprint density at radius 1 is 0.280 bits per heavy atom. The van der Waals surface area contributed by atoms with Crippen LogP contribution in [0.2, 0.25) is 0 Å². The highest BCUT2D eigenvalue weighted by Gasteiger charge is 2.30. The minimum absolute atomic E-state index is 0.108. The number of ether oxygens (including phenoxy) is 4. The van der Waals surface area contributed by atoms with Crippen molar-refractivity contribution in [3.05, 3.63) is 0 Å². The van der Waals surface area contributed by atoms with Crippen molar-refractivity contribution in [2.75, 3.05) is 39.6 Å². The van der Waals surface area contributed by atoms with Gasteiger partial charge in [0.05, 0.1) is 26.4 Å². The van der Waals surface area contributed by atoms with E-state index in [9.17, 15) is 43.2 Å². The van der Waals surface area contributed by atoms with Gasteiger partial charge in [0.2, 0.25) is 0 Å². The van der Waals surface area contributed by atoms with Crippen LogP contribution in [0.3, 0.4) is 0 Å². The van der Waals surface area contributed by atoms with E-state index in [4.69, 9.17) is 37.0 Å². The van der Waals surface area contributed by atoms with Crippen molar-refractivity contribution in [2.45, 2.75) is 451 Å². The van der Waals surface area contributed by atoms with Gasteiger partial charge in [-0.25, -0.2) is 9.13 Å². The Morgan fingerprint density at radius 3 is 0.710 bits per heavy atom. The molecule has 0 radical (unpaired) electrons. The van der Waals surface area contributed by atoms with Gasteiger partial charge in [-0.1, -0.05) is 381 Å². The smallest absolute Gasteiger partial charge is 0.462 e. The number of carbonyl (C=O) groups is 4. The highest BCUT2D eigenvalue weighted by Crippen LogP contribution is 2.45. The van der Waals surface area contributed by atoms with Gasteiger partial charge in [0.25, 0.3) is 0 Å². The van der Waals surface area contributed by atoms with Gasteiger partial charge in [0, 0.05) is 25.7 Å². The number of hydrogen-bond donors (Lipinski definition) is 3.